The lowest BCUT2D eigenvalue weighted by Gasteiger charge is -2.25. The summed E-state index contributed by atoms with van der Waals surface area (Å²) < 4.78 is 41.3. The molecule has 0 saturated heterocycles. The molecule has 8 heteroatoms. The molecule has 0 spiro atoms. The minimum Gasteiger partial charge on any atom is -0.435 e. The van der Waals surface area contributed by atoms with Crippen molar-refractivity contribution in [3.63, 3.8) is 0 Å². The van der Waals surface area contributed by atoms with E-state index in [9.17, 15) is 13.9 Å². The quantitative estimate of drug-likeness (QED) is 0.345. The lowest BCUT2D eigenvalue weighted by Crippen LogP contribution is -2.35. The zero-order valence-corrected chi connectivity index (χ0v) is 20.9. The van der Waals surface area contributed by atoms with Gasteiger partial charge in [0.15, 0.2) is 11.6 Å². The molecule has 1 aromatic heterocycles. The maximum Gasteiger partial charge on any atom is 0.227 e. The molecule has 0 aliphatic carbocycles. The average Bonchev–Trinajstić information content (AvgIpc) is 3.10. The first-order valence-electron chi connectivity index (χ1n) is 12.0. The molecule has 6 nitrogen and oxygen atoms in total. The Labute approximate surface area is 206 Å². The summed E-state index contributed by atoms with van der Waals surface area (Å²) in [6, 6.07) is 12.1. The van der Waals surface area contributed by atoms with Gasteiger partial charge >= 0.3 is 0 Å². The highest BCUT2D eigenvalue weighted by Gasteiger charge is 2.23. The Morgan fingerprint density at radius 2 is 1.77 bits per heavy atom. The zero-order chi connectivity index (χ0) is 25.4. The summed E-state index contributed by atoms with van der Waals surface area (Å²) in [5, 5.41) is 15.2. The standard InChI is InChI=1S/C27H35F2N3O3/c1-5-14-31(15-23(33)18-34-17-19(2)3)16-24-20(4)30-32(22-12-10-21(28)11-13-22)27(24)35-26-9-7-6-8-25(26)29/h6-13,19,23,33H,5,14-18H2,1-4H3/t23-/m0/s1. The molecule has 1 heterocycles. The van der Waals surface area contributed by atoms with Crippen LogP contribution in [0.25, 0.3) is 5.69 Å². The summed E-state index contributed by atoms with van der Waals surface area (Å²) >= 11 is 0. The van der Waals surface area contributed by atoms with Crippen LogP contribution in [0.4, 0.5) is 8.78 Å². The van der Waals surface area contributed by atoms with Gasteiger partial charge in [0.25, 0.3) is 0 Å². The molecule has 3 aromatic rings. The Bertz CT molecular complexity index is 1070. The molecular weight excluding hydrogens is 452 g/mol. The topological polar surface area (TPSA) is 59.8 Å². The van der Waals surface area contributed by atoms with Crippen LogP contribution in [0.2, 0.25) is 0 Å². The molecule has 3 rings (SSSR count). The molecular formula is C27H35F2N3O3. The molecule has 2 aromatic carbocycles. The molecule has 35 heavy (non-hydrogen) atoms. The number of nitrogens with zero attached hydrogens (tertiary/aromatic N) is 3. The van der Waals surface area contributed by atoms with Gasteiger partial charge in [-0.25, -0.2) is 13.5 Å². The molecule has 1 N–H and O–H groups in total. The predicted molar refractivity (Wildman–Crippen MR) is 132 cm³/mol. The van der Waals surface area contributed by atoms with Crippen molar-refractivity contribution in [2.45, 2.75) is 46.8 Å². The highest BCUT2D eigenvalue weighted by molar-refractivity contribution is 5.43. The van der Waals surface area contributed by atoms with Crippen LogP contribution in [-0.2, 0) is 11.3 Å². The van der Waals surface area contributed by atoms with E-state index in [0.717, 1.165) is 18.5 Å². The van der Waals surface area contributed by atoms with Crippen LogP contribution in [-0.4, -0.2) is 52.2 Å². The van der Waals surface area contributed by atoms with Gasteiger partial charge in [0.05, 0.1) is 29.7 Å². The van der Waals surface area contributed by atoms with E-state index in [1.807, 2.05) is 6.92 Å². The van der Waals surface area contributed by atoms with Crippen molar-refractivity contribution < 1.29 is 23.4 Å². The fourth-order valence-corrected chi connectivity index (χ4v) is 3.78. The minimum atomic E-state index is -0.649. The lowest BCUT2D eigenvalue weighted by molar-refractivity contribution is 0.00681. The monoisotopic (exact) mass is 487 g/mol. The van der Waals surface area contributed by atoms with Gasteiger partial charge in [-0.2, -0.15) is 5.10 Å². The van der Waals surface area contributed by atoms with Gasteiger partial charge in [-0.1, -0.05) is 32.9 Å². The smallest absolute Gasteiger partial charge is 0.227 e. The van der Waals surface area contributed by atoms with Crippen molar-refractivity contribution in [2.24, 2.45) is 5.92 Å². The second-order valence-corrected chi connectivity index (χ2v) is 9.11. The average molecular weight is 488 g/mol. The normalized spacial score (nSPS) is 12.5. The second-order valence-electron chi connectivity index (χ2n) is 9.11. The van der Waals surface area contributed by atoms with Crippen molar-refractivity contribution in [3.8, 4) is 17.3 Å². The van der Waals surface area contributed by atoms with Gasteiger partial charge < -0.3 is 14.6 Å². The number of benzene rings is 2. The lowest BCUT2D eigenvalue weighted by atomic mass is 10.2. The van der Waals surface area contributed by atoms with Crippen molar-refractivity contribution in [3.05, 3.63) is 71.4 Å². The third-order valence-corrected chi connectivity index (χ3v) is 5.40. The summed E-state index contributed by atoms with van der Waals surface area (Å²) in [5.41, 5.74) is 2.06. The van der Waals surface area contributed by atoms with Crippen molar-refractivity contribution in [1.29, 1.82) is 0 Å². The van der Waals surface area contributed by atoms with E-state index in [2.05, 4.69) is 30.8 Å². The SMILES string of the molecule is CCCN(Cc1c(C)nn(-c2ccc(F)cc2)c1Oc1ccccc1F)C[C@H](O)COCC(C)C. The first-order chi connectivity index (χ1) is 16.8. The second kappa shape index (κ2) is 12.8. The van der Waals surface area contributed by atoms with E-state index in [0.29, 0.717) is 42.9 Å². The number of aliphatic hydroxyl groups excluding tert-OH is 1. The van der Waals surface area contributed by atoms with Gasteiger partial charge in [-0.3, -0.25) is 4.90 Å². The Kier molecular flexibility index (Phi) is 9.77. The largest absolute Gasteiger partial charge is 0.435 e. The third kappa shape index (κ3) is 7.59. The van der Waals surface area contributed by atoms with Gasteiger partial charge in [0.1, 0.15) is 5.82 Å². The summed E-state index contributed by atoms with van der Waals surface area (Å²) in [6.45, 7) is 10.5. The Hall–Kier alpha value is -2.81. The van der Waals surface area contributed by atoms with Crippen molar-refractivity contribution in [2.75, 3.05) is 26.3 Å². The number of aryl methyl sites for hydroxylation is 1. The highest BCUT2D eigenvalue weighted by atomic mass is 19.1. The Morgan fingerprint density at radius 3 is 2.43 bits per heavy atom. The van der Waals surface area contributed by atoms with Crippen molar-refractivity contribution >= 4 is 0 Å². The summed E-state index contributed by atoms with van der Waals surface area (Å²) in [4.78, 5) is 2.11. The van der Waals surface area contributed by atoms with Gasteiger partial charge in [0, 0.05) is 19.7 Å². The van der Waals surface area contributed by atoms with E-state index in [1.165, 1.54) is 18.2 Å². The fourth-order valence-electron chi connectivity index (χ4n) is 3.78. The van der Waals surface area contributed by atoms with E-state index < -0.39 is 11.9 Å². The number of para-hydroxylation sites is 1. The van der Waals surface area contributed by atoms with E-state index in [4.69, 9.17) is 9.47 Å². The summed E-state index contributed by atoms with van der Waals surface area (Å²) in [5.74, 6) is -0.0395. The number of aromatic nitrogens is 2. The fraction of sp³-hybridized carbons (Fsp3) is 0.444. The van der Waals surface area contributed by atoms with Gasteiger partial charge in [0.2, 0.25) is 5.88 Å². The number of rotatable bonds is 13. The third-order valence-electron chi connectivity index (χ3n) is 5.40. The molecule has 0 radical (unpaired) electrons. The molecule has 1 atom stereocenters. The molecule has 0 amide bonds. The Balaban J connectivity index is 1.91. The number of ether oxygens (including phenoxy) is 2. The molecule has 0 unspecified atom stereocenters. The van der Waals surface area contributed by atoms with Crippen LogP contribution in [0.3, 0.4) is 0 Å². The van der Waals surface area contributed by atoms with Gasteiger partial charge in [-0.05, 0) is 62.2 Å². The summed E-state index contributed by atoms with van der Waals surface area (Å²) in [7, 11) is 0. The van der Waals surface area contributed by atoms with E-state index in [-0.39, 0.29) is 18.2 Å². The van der Waals surface area contributed by atoms with Crippen LogP contribution >= 0.6 is 0 Å². The van der Waals surface area contributed by atoms with Crippen molar-refractivity contribution in [1.82, 2.24) is 14.7 Å². The first kappa shape index (κ1) is 26.8. The maximum absolute atomic E-state index is 14.5. The van der Waals surface area contributed by atoms with Crippen LogP contribution in [0.5, 0.6) is 11.6 Å². The highest BCUT2D eigenvalue weighted by Crippen LogP contribution is 2.33. The number of hydrogen-bond acceptors (Lipinski definition) is 5. The minimum absolute atomic E-state index is 0.0705. The molecule has 0 saturated carbocycles. The van der Waals surface area contributed by atoms with E-state index in [1.54, 1.807) is 35.0 Å². The molecule has 0 bridgehead atoms. The zero-order valence-electron chi connectivity index (χ0n) is 20.9. The predicted octanol–water partition coefficient (Wildman–Crippen LogP) is 5.50. The van der Waals surface area contributed by atoms with Crippen LogP contribution in [0.1, 0.15) is 38.4 Å². The van der Waals surface area contributed by atoms with Crippen LogP contribution in [0.15, 0.2) is 48.5 Å². The first-order valence-corrected chi connectivity index (χ1v) is 12.0. The molecule has 0 aliphatic heterocycles. The number of aliphatic hydroxyl groups is 1. The Morgan fingerprint density at radius 1 is 1.06 bits per heavy atom. The molecule has 0 fully saturated rings. The maximum atomic E-state index is 14.5. The summed E-state index contributed by atoms with van der Waals surface area (Å²) in [6.07, 6.45) is 0.234. The molecule has 190 valence electrons. The number of halogens is 2. The number of hydrogen-bond donors (Lipinski definition) is 1. The van der Waals surface area contributed by atoms with Crippen LogP contribution < -0.4 is 4.74 Å². The van der Waals surface area contributed by atoms with E-state index >= 15 is 0 Å². The van der Waals surface area contributed by atoms with Gasteiger partial charge in [-0.15, -0.1) is 0 Å². The van der Waals surface area contributed by atoms with Crippen LogP contribution in [0, 0.1) is 24.5 Å². The molecule has 0 aliphatic rings.